The Morgan fingerprint density at radius 1 is 1.08 bits per heavy atom. The largest absolute Gasteiger partial charge is 0.339 e. The molecular weight excluding hydrogens is 330 g/mol. The number of benzene rings is 1. The third-order valence-corrected chi connectivity index (χ3v) is 6.36. The molecule has 0 unspecified atom stereocenters. The summed E-state index contributed by atoms with van der Waals surface area (Å²) in [6.07, 6.45) is 5.30. The van der Waals surface area contributed by atoms with Crippen molar-refractivity contribution in [3.63, 3.8) is 0 Å². The van der Waals surface area contributed by atoms with Crippen LogP contribution in [0.2, 0.25) is 0 Å². The van der Waals surface area contributed by atoms with E-state index in [0.717, 1.165) is 54.5 Å². The van der Waals surface area contributed by atoms with Crippen molar-refractivity contribution in [2.24, 2.45) is 5.41 Å². The van der Waals surface area contributed by atoms with Crippen molar-refractivity contribution < 1.29 is 4.79 Å². The van der Waals surface area contributed by atoms with Gasteiger partial charge in [-0.3, -0.25) is 4.79 Å². The first kappa shape index (κ1) is 16.6. The van der Waals surface area contributed by atoms with Crippen LogP contribution in [0.1, 0.15) is 29.6 Å². The maximum Gasteiger partial charge on any atom is 0.253 e. The smallest absolute Gasteiger partial charge is 0.253 e. The van der Waals surface area contributed by atoms with Crippen molar-refractivity contribution in [3.05, 3.63) is 54.2 Å². The van der Waals surface area contributed by atoms with Crippen LogP contribution >= 0.6 is 11.8 Å². The Labute approximate surface area is 153 Å². The van der Waals surface area contributed by atoms with Gasteiger partial charge in [0.15, 0.2) is 0 Å². The van der Waals surface area contributed by atoms with Crippen molar-refractivity contribution >= 4 is 17.7 Å². The van der Waals surface area contributed by atoms with Gasteiger partial charge >= 0.3 is 0 Å². The number of aromatic nitrogens is 1. The maximum absolute atomic E-state index is 12.8. The average Bonchev–Trinajstić information content (AvgIpc) is 3.11. The van der Waals surface area contributed by atoms with Crippen LogP contribution in [0.15, 0.2) is 58.6 Å². The van der Waals surface area contributed by atoms with Gasteiger partial charge in [0.2, 0.25) is 0 Å². The molecule has 2 fully saturated rings. The van der Waals surface area contributed by atoms with Crippen molar-refractivity contribution in [2.75, 3.05) is 26.2 Å². The molecule has 130 valence electrons. The highest BCUT2D eigenvalue weighted by Crippen LogP contribution is 2.37. The summed E-state index contributed by atoms with van der Waals surface area (Å²) in [6.45, 7) is 4.01. The lowest BCUT2D eigenvalue weighted by atomic mass is 9.78. The molecule has 1 spiro atoms. The van der Waals surface area contributed by atoms with Crippen molar-refractivity contribution in [3.8, 4) is 0 Å². The lowest BCUT2D eigenvalue weighted by molar-refractivity contribution is 0.0607. The maximum atomic E-state index is 12.8. The van der Waals surface area contributed by atoms with Gasteiger partial charge in [0, 0.05) is 36.3 Å². The quantitative estimate of drug-likeness (QED) is 0.918. The fraction of sp³-hybridized carbons (Fsp3) is 0.400. The minimum absolute atomic E-state index is 0.162. The van der Waals surface area contributed by atoms with Gasteiger partial charge in [0.1, 0.15) is 5.03 Å². The molecule has 4 nitrogen and oxygen atoms in total. The fourth-order valence-corrected chi connectivity index (χ4v) is 4.56. The van der Waals surface area contributed by atoms with Gasteiger partial charge in [-0.1, -0.05) is 17.8 Å². The Kier molecular flexibility index (Phi) is 4.77. The van der Waals surface area contributed by atoms with Crippen molar-refractivity contribution in [2.45, 2.75) is 29.2 Å². The first-order valence-corrected chi connectivity index (χ1v) is 9.75. The van der Waals surface area contributed by atoms with Crippen molar-refractivity contribution in [1.29, 1.82) is 0 Å². The highest BCUT2D eigenvalue weighted by Gasteiger charge is 2.38. The highest BCUT2D eigenvalue weighted by atomic mass is 32.2. The molecule has 0 saturated carbocycles. The summed E-state index contributed by atoms with van der Waals surface area (Å²) in [5, 5.41) is 4.44. The van der Waals surface area contributed by atoms with Gasteiger partial charge < -0.3 is 10.2 Å². The summed E-state index contributed by atoms with van der Waals surface area (Å²) in [5.74, 6) is 0.162. The molecule has 0 radical (unpaired) electrons. The lowest BCUT2D eigenvalue weighted by Gasteiger charge is -2.38. The molecule has 2 aliphatic rings. The van der Waals surface area contributed by atoms with E-state index in [9.17, 15) is 4.79 Å². The number of rotatable bonds is 3. The Morgan fingerprint density at radius 2 is 1.88 bits per heavy atom. The number of nitrogens with zero attached hydrogens (tertiary/aromatic N) is 2. The molecule has 1 N–H and O–H groups in total. The number of pyridine rings is 1. The summed E-state index contributed by atoms with van der Waals surface area (Å²) < 4.78 is 0. The number of nitrogens with one attached hydrogen (secondary N) is 1. The van der Waals surface area contributed by atoms with E-state index in [0.29, 0.717) is 5.41 Å². The van der Waals surface area contributed by atoms with E-state index < -0.39 is 0 Å². The summed E-state index contributed by atoms with van der Waals surface area (Å²) in [4.78, 5) is 20.2. The third-order valence-electron chi connectivity index (χ3n) is 5.40. The Morgan fingerprint density at radius 3 is 2.52 bits per heavy atom. The van der Waals surface area contributed by atoms with Crippen LogP contribution < -0.4 is 5.32 Å². The number of piperidine rings is 1. The van der Waals surface area contributed by atoms with E-state index >= 15 is 0 Å². The molecule has 0 bridgehead atoms. The number of likely N-dealkylation sites (tertiary alicyclic amines) is 1. The molecule has 2 aliphatic heterocycles. The van der Waals surface area contributed by atoms with Crippen LogP contribution in [0.5, 0.6) is 0 Å². The predicted octanol–water partition coefficient (Wildman–Crippen LogP) is 3.45. The molecular formula is C20H23N3OS. The van der Waals surface area contributed by atoms with Crippen molar-refractivity contribution in [1.82, 2.24) is 15.2 Å². The number of amides is 1. The SMILES string of the molecule is O=C(c1ccc(Sc2ccccn2)cc1)N1CCC2(CCNC2)CC1. The fourth-order valence-electron chi connectivity index (χ4n) is 3.78. The van der Waals surface area contributed by atoms with E-state index in [4.69, 9.17) is 0 Å². The molecule has 5 heteroatoms. The zero-order valence-electron chi connectivity index (χ0n) is 14.3. The molecule has 3 heterocycles. The molecule has 25 heavy (non-hydrogen) atoms. The topological polar surface area (TPSA) is 45.2 Å². The molecule has 1 aromatic heterocycles. The zero-order valence-corrected chi connectivity index (χ0v) is 15.1. The van der Waals surface area contributed by atoms with E-state index in [2.05, 4.69) is 10.3 Å². The van der Waals surface area contributed by atoms with Gasteiger partial charge in [-0.15, -0.1) is 0 Å². The van der Waals surface area contributed by atoms with Crippen LogP contribution in [0.3, 0.4) is 0 Å². The molecule has 0 atom stereocenters. The standard InChI is InChI=1S/C20H23N3OS/c24-19(23-13-9-20(10-14-23)8-12-21-15-20)16-4-6-17(7-5-16)25-18-3-1-2-11-22-18/h1-7,11,21H,8-10,12-15H2. The zero-order chi connectivity index (χ0) is 17.1. The number of carbonyl (C=O) groups is 1. The Balaban J connectivity index is 1.38. The van der Waals surface area contributed by atoms with Crippen LogP contribution in [-0.4, -0.2) is 42.0 Å². The summed E-state index contributed by atoms with van der Waals surface area (Å²) in [7, 11) is 0. The van der Waals surface area contributed by atoms with Gasteiger partial charge in [-0.25, -0.2) is 4.98 Å². The van der Waals surface area contributed by atoms with E-state index in [1.807, 2.05) is 47.4 Å². The van der Waals surface area contributed by atoms with E-state index in [1.165, 1.54) is 6.42 Å². The summed E-state index contributed by atoms with van der Waals surface area (Å²) in [5.41, 5.74) is 1.23. The average molecular weight is 353 g/mol. The predicted molar refractivity (Wildman–Crippen MR) is 99.9 cm³/mol. The van der Waals surface area contributed by atoms with Crippen LogP contribution in [-0.2, 0) is 0 Å². The monoisotopic (exact) mass is 353 g/mol. The molecule has 2 saturated heterocycles. The van der Waals surface area contributed by atoms with Crippen LogP contribution in [0, 0.1) is 5.41 Å². The summed E-state index contributed by atoms with van der Waals surface area (Å²) >= 11 is 1.61. The lowest BCUT2D eigenvalue weighted by Crippen LogP contribution is -2.44. The second-order valence-corrected chi connectivity index (χ2v) is 8.11. The first-order valence-electron chi connectivity index (χ1n) is 8.93. The molecule has 4 rings (SSSR count). The minimum atomic E-state index is 0.162. The second kappa shape index (κ2) is 7.18. The van der Waals surface area contributed by atoms with Gasteiger partial charge in [-0.2, -0.15) is 0 Å². The van der Waals surface area contributed by atoms with Gasteiger partial charge in [0.05, 0.1) is 0 Å². The molecule has 1 amide bonds. The van der Waals surface area contributed by atoms with Gasteiger partial charge in [0.25, 0.3) is 5.91 Å². The third kappa shape index (κ3) is 3.72. The van der Waals surface area contributed by atoms with E-state index in [-0.39, 0.29) is 5.91 Å². The second-order valence-electron chi connectivity index (χ2n) is 7.01. The number of hydrogen-bond acceptors (Lipinski definition) is 4. The first-order chi connectivity index (χ1) is 12.2. The van der Waals surface area contributed by atoms with Gasteiger partial charge in [-0.05, 0) is 67.6 Å². The summed E-state index contributed by atoms with van der Waals surface area (Å²) in [6, 6.07) is 13.8. The van der Waals surface area contributed by atoms with Crippen LogP contribution in [0.4, 0.5) is 0 Å². The van der Waals surface area contributed by atoms with Crippen LogP contribution in [0.25, 0.3) is 0 Å². The number of carbonyl (C=O) groups excluding carboxylic acids is 1. The normalized spacial score (nSPS) is 19.3. The molecule has 2 aromatic rings. The highest BCUT2D eigenvalue weighted by molar-refractivity contribution is 7.99. The minimum Gasteiger partial charge on any atom is -0.339 e. The molecule has 1 aromatic carbocycles. The Bertz CT molecular complexity index is 716. The molecule has 0 aliphatic carbocycles. The van der Waals surface area contributed by atoms with E-state index in [1.54, 1.807) is 18.0 Å². The Hall–Kier alpha value is -1.85. The number of hydrogen-bond donors (Lipinski definition) is 1.